The highest BCUT2D eigenvalue weighted by molar-refractivity contribution is 5.16. The van der Waals surface area contributed by atoms with E-state index in [1.165, 1.54) is 32.1 Å². The number of hydrogen-bond donors (Lipinski definition) is 0. The lowest BCUT2D eigenvalue weighted by molar-refractivity contribution is 0.446. The Labute approximate surface area is 135 Å². The van der Waals surface area contributed by atoms with Gasteiger partial charge in [-0.2, -0.15) is 21.0 Å². The topological polar surface area (TPSA) is 95.2 Å². The van der Waals surface area contributed by atoms with E-state index in [9.17, 15) is 0 Å². The molecular weight excluding hydrogens is 272 g/mol. The van der Waals surface area contributed by atoms with Gasteiger partial charge in [0.1, 0.15) is 0 Å². The number of nitriles is 4. The third-order valence-electron chi connectivity index (χ3n) is 3.95. The maximum absolute atomic E-state index is 9.04. The Balaban J connectivity index is 3.48. The van der Waals surface area contributed by atoms with Crippen LogP contribution in [0, 0.1) is 50.7 Å². The number of hydrogen-bond acceptors (Lipinski definition) is 4. The van der Waals surface area contributed by atoms with E-state index in [-0.39, 0.29) is 6.42 Å². The lowest BCUT2D eigenvalue weighted by atomic mass is 9.83. The Morgan fingerprint density at radius 2 is 1.00 bits per heavy atom. The Morgan fingerprint density at radius 1 is 0.545 bits per heavy atom. The van der Waals surface area contributed by atoms with Crippen LogP contribution in [-0.2, 0) is 0 Å². The van der Waals surface area contributed by atoms with Crippen LogP contribution in [0.3, 0.4) is 0 Å². The average molecular weight is 298 g/mol. The summed E-state index contributed by atoms with van der Waals surface area (Å²) >= 11 is 0. The minimum atomic E-state index is -1.10. The third-order valence-corrected chi connectivity index (χ3v) is 3.95. The molecule has 0 spiro atoms. The molecule has 0 aromatic carbocycles. The average Bonchev–Trinajstić information content (AvgIpc) is 2.55. The van der Waals surface area contributed by atoms with E-state index in [1.54, 1.807) is 0 Å². The molecule has 0 N–H and O–H groups in total. The van der Waals surface area contributed by atoms with Crippen LogP contribution in [0.2, 0.25) is 0 Å². The van der Waals surface area contributed by atoms with E-state index in [2.05, 4.69) is 6.07 Å². The Morgan fingerprint density at radius 3 is 1.41 bits per heavy atom. The molecule has 0 radical (unpaired) electrons. The first-order chi connectivity index (χ1) is 10.7. The van der Waals surface area contributed by atoms with Crippen molar-refractivity contribution in [3.05, 3.63) is 0 Å². The van der Waals surface area contributed by atoms with Gasteiger partial charge in [-0.3, -0.25) is 0 Å². The van der Waals surface area contributed by atoms with Crippen molar-refractivity contribution in [1.29, 1.82) is 21.0 Å². The molecule has 22 heavy (non-hydrogen) atoms. The normalized spacial score (nSPS) is 10.2. The van der Waals surface area contributed by atoms with Gasteiger partial charge in [-0.05, 0) is 12.8 Å². The highest BCUT2D eigenvalue weighted by Crippen LogP contribution is 2.27. The molecule has 0 saturated heterocycles. The van der Waals surface area contributed by atoms with Crippen molar-refractivity contribution in [2.24, 2.45) is 5.41 Å². The zero-order chi connectivity index (χ0) is 16.5. The maximum Gasteiger partial charge on any atom is 0.156 e. The monoisotopic (exact) mass is 298 g/mol. The van der Waals surface area contributed by atoms with Crippen molar-refractivity contribution in [2.75, 3.05) is 0 Å². The molecule has 0 rings (SSSR count). The van der Waals surface area contributed by atoms with E-state index in [0.29, 0.717) is 12.8 Å². The van der Waals surface area contributed by atoms with Crippen LogP contribution < -0.4 is 0 Å². The van der Waals surface area contributed by atoms with E-state index in [0.717, 1.165) is 32.1 Å². The molecule has 4 nitrogen and oxygen atoms in total. The summed E-state index contributed by atoms with van der Waals surface area (Å²) in [7, 11) is 0. The molecular formula is C18H26N4. The Bertz CT molecular complexity index is 428. The van der Waals surface area contributed by atoms with Gasteiger partial charge in [0.2, 0.25) is 0 Å². The first-order valence-corrected chi connectivity index (χ1v) is 8.31. The fraction of sp³-hybridized carbons (Fsp3) is 0.778. The summed E-state index contributed by atoms with van der Waals surface area (Å²) in [6.45, 7) is 0. The van der Waals surface area contributed by atoms with Gasteiger partial charge in [0.15, 0.2) is 5.41 Å². The van der Waals surface area contributed by atoms with Crippen LogP contribution >= 0.6 is 0 Å². The third kappa shape index (κ3) is 9.80. The number of nitrogens with zero attached hydrogens (tertiary/aromatic N) is 4. The van der Waals surface area contributed by atoms with Gasteiger partial charge in [-0.15, -0.1) is 0 Å². The number of unbranched alkanes of at least 4 members (excludes halogenated alkanes) is 10. The molecule has 0 aromatic heterocycles. The van der Waals surface area contributed by atoms with Crippen LogP contribution in [0.15, 0.2) is 0 Å². The lowest BCUT2D eigenvalue weighted by Crippen LogP contribution is -2.15. The van der Waals surface area contributed by atoms with E-state index < -0.39 is 5.41 Å². The van der Waals surface area contributed by atoms with Gasteiger partial charge >= 0.3 is 0 Å². The molecule has 0 aromatic rings. The second kappa shape index (κ2) is 13.9. The van der Waals surface area contributed by atoms with Crippen molar-refractivity contribution < 1.29 is 0 Å². The fourth-order valence-electron chi connectivity index (χ4n) is 2.48. The van der Waals surface area contributed by atoms with Crippen LogP contribution in [-0.4, -0.2) is 0 Å². The van der Waals surface area contributed by atoms with E-state index >= 15 is 0 Å². The van der Waals surface area contributed by atoms with Crippen molar-refractivity contribution in [3.8, 4) is 24.3 Å². The molecule has 0 unspecified atom stereocenters. The standard InChI is InChI=1S/C18H26N4/c19-14-11-9-7-5-3-1-2-4-6-8-10-12-18(16-21,17-22)13-15-20/h1-13H2. The minimum Gasteiger partial charge on any atom is -0.198 e. The maximum atomic E-state index is 9.04. The van der Waals surface area contributed by atoms with Crippen LogP contribution in [0.25, 0.3) is 0 Å². The van der Waals surface area contributed by atoms with Gasteiger partial charge in [0.25, 0.3) is 0 Å². The molecule has 118 valence electrons. The molecule has 0 aliphatic heterocycles. The Hall–Kier alpha value is -2.04. The molecule has 4 heteroatoms. The SMILES string of the molecule is N#CCCCCCCCCCCCCC(C#N)(C#N)CC#N. The van der Waals surface area contributed by atoms with Gasteiger partial charge in [-0.25, -0.2) is 0 Å². The van der Waals surface area contributed by atoms with Gasteiger partial charge in [0, 0.05) is 6.42 Å². The quantitative estimate of drug-likeness (QED) is 0.440. The zero-order valence-corrected chi connectivity index (χ0v) is 13.5. The van der Waals surface area contributed by atoms with Gasteiger partial charge in [-0.1, -0.05) is 57.8 Å². The smallest absolute Gasteiger partial charge is 0.156 e. The Kier molecular flexibility index (Phi) is 12.6. The molecule has 0 amide bonds. The van der Waals surface area contributed by atoms with Crippen molar-refractivity contribution in [3.63, 3.8) is 0 Å². The molecule has 0 atom stereocenters. The summed E-state index contributed by atoms with van der Waals surface area (Å²) in [4.78, 5) is 0. The first kappa shape index (κ1) is 20.0. The van der Waals surface area contributed by atoms with E-state index in [1.807, 2.05) is 18.2 Å². The van der Waals surface area contributed by atoms with Gasteiger partial charge < -0.3 is 0 Å². The lowest BCUT2D eigenvalue weighted by Gasteiger charge is -2.13. The first-order valence-electron chi connectivity index (χ1n) is 8.31. The van der Waals surface area contributed by atoms with Crippen LogP contribution in [0.1, 0.15) is 83.5 Å². The summed E-state index contributed by atoms with van der Waals surface area (Å²) in [6, 6.07) is 8.11. The molecule has 0 aliphatic rings. The summed E-state index contributed by atoms with van der Waals surface area (Å²) in [5, 5.41) is 35.2. The van der Waals surface area contributed by atoms with Crippen LogP contribution in [0.4, 0.5) is 0 Å². The summed E-state index contributed by atoms with van der Waals surface area (Å²) < 4.78 is 0. The van der Waals surface area contributed by atoms with Crippen molar-refractivity contribution in [1.82, 2.24) is 0 Å². The highest BCUT2D eigenvalue weighted by atomic mass is 14.4. The second-order valence-corrected chi connectivity index (χ2v) is 5.83. The fourth-order valence-corrected chi connectivity index (χ4v) is 2.48. The predicted molar refractivity (Wildman–Crippen MR) is 84.9 cm³/mol. The zero-order valence-electron chi connectivity index (χ0n) is 13.5. The van der Waals surface area contributed by atoms with Crippen molar-refractivity contribution >= 4 is 0 Å². The highest BCUT2D eigenvalue weighted by Gasteiger charge is 2.29. The second-order valence-electron chi connectivity index (χ2n) is 5.83. The van der Waals surface area contributed by atoms with Gasteiger partial charge in [0.05, 0.1) is 30.7 Å². The largest absolute Gasteiger partial charge is 0.198 e. The summed E-state index contributed by atoms with van der Waals surface area (Å²) in [5.41, 5.74) is -1.10. The van der Waals surface area contributed by atoms with E-state index in [4.69, 9.17) is 21.0 Å². The number of rotatable bonds is 13. The van der Waals surface area contributed by atoms with Crippen LogP contribution in [0.5, 0.6) is 0 Å². The van der Waals surface area contributed by atoms with Crippen molar-refractivity contribution in [2.45, 2.75) is 83.5 Å². The molecule has 0 aliphatic carbocycles. The molecule has 0 heterocycles. The summed E-state index contributed by atoms with van der Waals surface area (Å²) in [5.74, 6) is 0. The molecule has 0 bridgehead atoms. The molecule has 0 fully saturated rings. The molecule has 0 saturated carbocycles. The predicted octanol–water partition coefficient (Wildman–Crippen LogP) is 5.14. The minimum absolute atomic E-state index is 0.00576. The summed E-state index contributed by atoms with van der Waals surface area (Å²) in [6.07, 6.45) is 12.5.